The van der Waals surface area contributed by atoms with Gasteiger partial charge in [-0.1, -0.05) is 31.5 Å². The third kappa shape index (κ3) is 2.32. The largest absolute Gasteiger partial charge is 0.367 e. The number of hydrogen-bond donors (Lipinski definition) is 1. The van der Waals surface area contributed by atoms with Gasteiger partial charge in [-0.3, -0.25) is 0 Å². The first-order valence-electron chi connectivity index (χ1n) is 6.73. The summed E-state index contributed by atoms with van der Waals surface area (Å²) in [6, 6.07) is 10.6. The van der Waals surface area contributed by atoms with E-state index in [0.717, 1.165) is 12.5 Å². The van der Waals surface area contributed by atoms with E-state index in [0.29, 0.717) is 0 Å². The lowest BCUT2D eigenvalue weighted by atomic mass is 9.86. The molecule has 0 saturated heterocycles. The molecule has 0 heterocycles. The van der Waals surface area contributed by atoms with Crippen LogP contribution in [0.3, 0.4) is 0 Å². The van der Waals surface area contributed by atoms with Gasteiger partial charge in [-0.15, -0.1) is 0 Å². The van der Waals surface area contributed by atoms with E-state index in [4.69, 9.17) is 5.73 Å². The molecule has 0 amide bonds. The number of hydrogen-bond acceptors (Lipinski definition) is 2. The second-order valence-electron chi connectivity index (χ2n) is 5.23. The van der Waals surface area contributed by atoms with Crippen molar-refractivity contribution in [3.63, 3.8) is 0 Å². The Bertz CT molecular complexity index is 345. The van der Waals surface area contributed by atoms with Crippen molar-refractivity contribution in [1.29, 1.82) is 0 Å². The minimum Gasteiger partial charge on any atom is -0.367 e. The lowest BCUT2D eigenvalue weighted by Crippen LogP contribution is -2.54. The van der Waals surface area contributed by atoms with Gasteiger partial charge in [0, 0.05) is 19.3 Å². The van der Waals surface area contributed by atoms with Gasteiger partial charge >= 0.3 is 0 Å². The first-order chi connectivity index (χ1) is 8.24. The molecule has 1 atom stereocenters. The second kappa shape index (κ2) is 5.09. The summed E-state index contributed by atoms with van der Waals surface area (Å²) >= 11 is 0. The number of likely N-dealkylation sites (N-methyl/N-ethyl adjacent to an activating group) is 1. The molecule has 94 valence electrons. The third-order valence-corrected chi connectivity index (χ3v) is 4.19. The van der Waals surface area contributed by atoms with Crippen LogP contribution in [-0.2, 0) is 0 Å². The third-order valence-electron chi connectivity index (χ3n) is 4.19. The minimum absolute atomic E-state index is 0.177. The average molecular weight is 232 g/mol. The molecule has 1 aromatic rings. The van der Waals surface area contributed by atoms with Crippen molar-refractivity contribution in [2.24, 2.45) is 11.7 Å². The minimum atomic E-state index is 0.177. The maximum atomic E-state index is 6.13. The molecule has 1 saturated carbocycles. The second-order valence-corrected chi connectivity index (χ2v) is 5.23. The Morgan fingerprint density at radius 3 is 2.41 bits per heavy atom. The van der Waals surface area contributed by atoms with Crippen molar-refractivity contribution in [3.8, 4) is 0 Å². The summed E-state index contributed by atoms with van der Waals surface area (Å²) in [5.74, 6) is 0.789. The maximum absolute atomic E-state index is 6.13. The topological polar surface area (TPSA) is 29.3 Å². The van der Waals surface area contributed by atoms with Gasteiger partial charge in [0.15, 0.2) is 0 Å². The number of nitrogens with two attached hydrogens (primary N) is 1. The predicted molar refractivity (Wildman–Crippen MR) is 74.3 cm³/mol. The fourth-order valence-corrected chi connectivity index (χ4v) is 3.01. The molecule has 1 aliphatic rings. The van der Waals surface area contributed by atoms with Crippen LogP contribution in [0.1, 0.15) is 32.6 Å². The summed E-state index contributed by atoms with van der Waals surface area (Å²) in [7, 11) is 2.20. The van der Waals surface area contributed by atoms with Crippen LogP contribution in [0.15, 0.2) is 30.3 Å². The molecular formula is C15H24N2. The molecule has 2 N–H and O–H groups in total. The van der Waals surface area contributed by atoms with Crippen LogP contribution in [0, 0.1) is 5.92 Å². The predicted octanol–water partition coefficient (Wildman–Crippen LogP) is 3.03. The molecule has 0 spiro atoms. The van der Waals surface area contributed by atoms with Crippen molar-refractivity contribution >= 4 is 5.69 Å². The molecule has 2 nitrogen and oxygen atoms in total. The summed E-state index contributed by atoms with van der Waals surface area (Å²) < 4.78 is 0. The Kier molecular flexibility index (Phi) is 3.72. The van der Waals surface area contributed by atoms with Gasteiger partial charge in [-0.05, 0) is 37.3 Å². The molecular weight excluding hydrogens is 208 g/mol. The molecule has 1 fully saturated rings. The van der Waals surface area contributed by atoms with Gasteiger partial charge < -0.3 is 10.6 Å². The fourth-order valence-electron chi connectivity index (χ4n) is 3.01. The number of rotatable bonds is 6. The molecule has 2 rings (SSSR count). The lowest BCUT2D eigenvalue weighted by Gasteiger charge is -2.43. The van der Waals surface area contributed by atoms with E-state index in [1.54, 1.807) is 0 Å². The maximum Gasteiger partial charge on any atom is 0.0548 e. The van der Waals surface area contributed by atoms with Crippen molar-refractivity contribution in [1.82, 2.24) is 0 Å². The van der Waals surface area contributed by atoms with Crippen molar-refractivity contribution < 1.29 is 0 Å². The molecule has 1 unspecified atom stereocenters. The molecule has 0 bridgehead atoms. The zero-order chi connectivity index (χ0) is 12.3. The van der Waals surface area contributed by atoms with Crippen LogP contribution in [-0.4, -0.2) is 19.1 Å². The van der Waals surface area contributed by atoms with Gasteiger partial charge in [-0.25, -0.2) is 0 Å². The zero-order valence-corrected chi connectivity index (χ0v) is 11.0. The van der Waals surface area contributed by atoms with Crippen LogP contribution in [0.5, 0.6) is 0 Å². The highest BCUT2D eigenvalue weighted by atomic mass is 15.2. The van der Waals surface area contributed by atoms with Gasteiger partial charge in [0.1, 0.15) is 0 Å². The van der Waals surface area contributed by atoms with Gasteiger partial charge in [0.25, 0.3) is 0 Å². The monoisotopic (exact) mass is 232 g/mol. The standard InChI is InChI=1S/C15H24N2/c1-3-11-15(12-16,13-9-10-13)17(2)14-7-5-4-6-8-14/h4-8,13H,3,9-12,16H2,1-2H3. The Morgan fingerprint density at radius 2 is 1.94 bits per heavy atom. The van der Waals surface area contributed by atoms with E-state index < -0.39 is 0 Å². The first kappa shape index (κ1) is 12.4. The van der Waals surface area contributed by atoms with Crippen LogP contribution in [0.25, 0.3) is 0 Å². The molecule has 1 aliphatic carbocycles. The summed E-state index contributed by atoms with van der Waals surface area (Å²) in [6.45, 7) is 3.02. The first-order valence-corrected chi connectivity index (χ1v) is 6.73. The number of anilines is 1. The number of benzene rings is 1. The highest BCUT2D eigenvalue weighted by Crippen LogP contribution is 2.46. The smallest absolute Gasteiger partial charge is 0.0548 e. The molecule has 0 aromatic heterocycles. The van der Waals surface area contributed by atoms with Crippen LogP contribution in [0.4, 0.5) is 5.69 Å². The lowest BCUT2D eigenvalue weighted by molar-refractivity contribution is 0.332. The average Bonchev–Trinajstić information content (AvgIpc) is 3.21. The Hall–Kier alpha value is -1.02. The van der Waals surface area contributed by atoms with E-state index in [9.17, 15) is 0 Å². The number of para-hydroxylation sites is 1. The van der Waals surface area contributed by atoms with E-state index in [1.165, 1.54) is 31.4 Å². The molecule has 2 heteroatoms. The van der Waals surface area contributed by atoms with Crippen molar-refractivity contribution in [3.05, 3.63) is 30.3 Å². The molecule has 1 aromatic carbocycles. The van der Waals surface area contributed by atoms with Crippen molar-refractivity contribution in [2.45, 2.75) is 38.1 Å². The summed E-state index contributed by atoms with van der Waals surface area (Å²) in [4.78, 5) is 2.42. The van der Waals surface area contributed by atoms with Crippen LogP contribution < -0.4 is 10.6 Å². The van der Waals surface area contributed by atoms with Crippen LogP contribution in [0.2, 0.25) is 0 Å². The molecule has 0 radical (unpaired) electrons. The zero-order valence-electron chi connectivity index (χ0n) is 11.0. The van der Waals surface area contributed by atoms with Crippen LogP contribution >= 0.6 is 0 Å². The van der Waals surface area contributed by atoms with Gasteiger partial charge in [0.2, 0.25) is 0 Å². The highest BCUT2D eigenvalue weighted by Gasteiger charge is 2.46. The summed E-state index contributed by atoms with van der Waals surface area (Å²) in [5.41, 5.74) is 7.60. The fraction of sp³-hybridized carbons (Fsp3) is 0.600. The van der Waals surface area contributed by atoms with E-state index in [1.807, 2.05) is 0 Å². The van der Waals surface area contributed by atoms with E-state index in [-0.39, 0.29) is 5.54 Å². The molecule has 0 aliphatic heterocycles. The quantitative estimate of drug-likeness (QED) is 0.817. The number of nitrogens with zero attached hydrogens (tertiary/aromatic N) is 1. The van der Waals surface area contributed by atoms with Crippen molar-refractivity contribution in [2.75, 3.05) is 18.5 Å². The van der Waals surface area contributed by atoms with E-state index in [2.05, 4.69) is 49.2 Å². The summed E-state index contributed by atoms with van der Waals surface area (Å²) in [5, 5.41) is 0. The van der Waals surface area contributed by atoms with E-state index >= 15 is 0 Å². The highest BCUT2D eigenvalue weighted by molar-refractivity contribution is 5.49. The van der Waals surface area contributed by atoms with Gasteiger partial charge in [-0.2, -0.15) is 0 Å². The Morgan fingerprint density at radius 1 is 1.29 bits per heavy atom. The summed E-state index contributed by atoms with van der Waals surface area (Å²) in [6.07, 6.45) is 5.08. The van der Waals surface area contributed by atoms with Gasteiger partial charge in [0.05, 0.1) is 5.54 Å². The normalized spacial score (nSPS) is 18.8. The SMILES string of the molecule is CCCC(CN)(C1CC1)N(C)c1ccccc1. The Labute approximate surface area is 105 Å². The molecule has 17 heavy (non-hydrogen) atoms. The Balaban J connectivity index is 2.26.